The summed E-state index contributed by atoms with van der Waals surface area (Å²) in [5.74, 6) is -3.27. The molecule has 0 aromatic heterocycles. The van der Waals surface area contributed by atoms with E-state index >= 15 is 0 Å². The summed E-state index contributed by atoms with van der Waals surface area (Å²) in [6, 6.07) is 6.08. The van der Waals surface area contributed by atoms with Gasteiger partial charge in [-0.1, -0.05) is 18.2 Å². The van der Waals surface area contributed by atoms with Crippen LogP contribution >= 0.6 is 0 Å². The molecule has 2 N–H and O–H groups in total. The molecule has 24 heavy (non-hydrogen) atoms. The summed E-state index contributed by atoms with van der Waals surface area (Å²) in [5, 5.41) is 1.32. The van der Waals surface area contributed by atoms with Crippen LogP contribution in [0.5, 0.6) is 0 Å². The van der Waals surface area contributed by atoms with Gasteiger partial charge >= 0.3 is 17.8 Å². The summed E-state index contributed by atoms with van der Waals surface area (Å²) in [6.45, 7) is 1.48. The molecule has 0 saturated carbocycles. The molecule has 0 spiro atoms. The van der Waals surface area contributed by atoms with Crippen LogP contribution in [0.1, 0.15) is 13.8 Å². The minimum Gasteiger partial charge on any atom is -0.463 e. The quantitative estimate of drug-likeness (QED) is 0.574. The van der Waals surface area contributed by atoms with Crippen LogP contribution in [-0.2, 0) is 24.3 Å². The molecule has 1 aromatic rings. The first-order chi connectivity index (χ1) is 11.0. The van der Waals surface area contributed by atoms with E-state index in [-0.39, 0.29) is 0 Å². The lowest BCUT2D eigenvalue weighted by molar-refractivity contribution is -0.216. The number of carbonyl (C=O) groups excluding carboxylic acids is 2. The van der Waals surface area contributed by atoms with Crippen LogP contribution in [0.25, 0.3) is 0 Å². The van der Waals surface area contributed by atoms with Crippen molar-refractivity contribution in [3.05, 3.63) is 30.3 Å². The second-order valence-electron chi connectivity index (χ2n) is 4.57. The predicted octanol–water partition coefficient (Wildman–Crippen LogP) is 0.923. The van der Waals surface area contributed by atoms with Gasteiger partial charge in [-0.25, -0.2) is 13.2 Å². The fourth-order valence-electron chi connectivity index (χ4n) is 1.73. The predicted molar refractivity (Wildman–Crippen MR) is 76.0 cm³/mol. The fourth-order valence-corrected chi connectivity index (χ4v) is 3.01. The molecule has 1 aromatic carbocycles. The second-order valence-corrected chi connectivity index (χ2v) is 6.25. The molecule has 0 fully saturated rings. The average Bonchev–Trinajstić information content (AvgIpc) is 2.45. The minimum absolute atomic E-state index is 0.455. The van der Waals surface area contributed by atoms with E-state index < -0.39 is 45.2 Å². The smallest absolute Gasteiger partial charge is 0.437 e. The summed E-state index contributed by atoms with van der Waals surface area (Å²) < 4.78 is 70.5. The van der Waals surface area contributed by atoms with Gasteiger partial charge in [0.1, 0.15) is 0 Å². The maximum Gasteiger partial charge on any atom is 0.437 e. The van der Waals surface area contributed by atoms with E-state index in [1.807, 2.05) is 0 Å². The Bertz CT molecular complexity index is 706. The number of rotatable bonds is 6. The second kappa shape index (κ2) is 7.18. The number of alkyl halides is 3. The van der Waals surface area contributed by atoms with Gasteiger partial charge in [-0.3, -0.25) is 4.79 Å². The van der Waals surface area contributed by atoms with E-state index in [9.17, 15) is 31.2 Å². The van der Waals surface area contributed by atoms with Crippen LogP contribution in [0.4, 0.5) is 13.2 Å². The van der Waals surface area contributed by atoms with Crippen molar-refractivity contribution < 1.29 is 35.9 Å². The van der Waals surface area contributed by atoms with Crippen molar-refractivity contribution in [2.24, 2.45) is 0 Å². The van der Waals surface area contributed by atoms with Crippen molar-refractivity contribution in [3.63, 3.8) is 0 Å². The zero-order chi connectivity index (χ0) is 18.6. The largest absolute Gasteiger partial charge is 0.463 e. The molecule has 0 saturated heterocycles. The summed E-state index contributed by atoms with van der Waals surface area (Å²) in [4.78, 5) is 22.5. The van der Waals surface area contributed by atoms with Crippen molar-refractivity contribution >= 4 is 21.9 Å². The van der Waals surface area contributed by atoms with Gasteiger partial charge in [0.05, 0.1) is 11.5 Å². The molecule has 134 valence electrons. The van der Waals surface area contributed by atoms with Gasteiger partial charge in [0.2, 0.25) is 15.9 Å². The minimum atomic E-state index is -5.49. The number of nitrogens with one attached hydrogen (secondary N) is 2. The molecule has 0 unspecified atom stereocenters. The maximum atomic E-state index is 13.5. The van der Waals surface area contributed by atoms with Crippen molar-refractivity contribution in [2.75, 3.05) is 6.61 Å². The summed E-state index contributed by atoms with van der Waals surface area (Å²) in [5.41, 5.74) is -3.94. The Kier molecular flexibility index (Phi) is 5.95. The van der Waals surface area contributed by atoms with Crippen LogP contribution in [-0.4, -0.2) is 38.7 Å². The number of hydrogen-bond acceptors (Lipinski definition) is 5. The average molecular weight is 368 g/mol. The van der Waals surface area contributed by atoms with Gasteiger partial charge in [0, 0.05) is 6.92 Å². The Labute approximate surface area is 136 Å². The monoisotopic (exact) mass is 368 g/mol. The Morgan fingerprint density at radius 1 is 1.17 bits per heavy atom. The van der Waals surface area contributed by atoms with Crippen LogP contribution in [0, 0.1) is 0 Å². The van der Waals surface area contributed by atoms with Gasteiger partial charge in [0.25, 0.3) is 0 Å². The van der Waals surface area contributed by atoms with Crippen LogP contribution in [0.2, 0.25) is 0 Å². The van der Waals surface area contributed by atoms with Crippen LogP contribution < -0.4 is 10.0 Å². The highest BCUT2D eigenvalue weighted by molar-refractivity contribution is 7.89. The fraction of sp³-hybridized carbons (Fsp3) is 0.385. The first-order valence-electron chi connectivity index (χ1n) is 6.58. The van der Waals surface area contributed by atoms with Gasteiger partial charge in [-0.15, -0.1) is 0 Å². The molecular weight excluding hydrogens is 353 g/mol. The number of ether oxygens (including phenoxy) is 1. The molecule has 0 radical (unpaired) electrons. The van der Waals surface area contributed by atoms with E-state index in [0.29, 0.717) is 6.92 Å². The lowest BCUT2D eigenvalue weighted by atomic mass is 10.1. The highest BCUT2D eigenvalue weighted by Crippen LogP contribution is 2.31. The van der Waals surface area contributed by atoms with E-state index in [0.717, 1.165) is 12.1 Å². The zero-order valence-corrected chi connectivity index (χ0v) is 13.5. The molecule has 7 nitrogen and oxygen atoms in total. The Balaban J connectivity index is 3.46. The highest BCUT2D eigenvalue weighted by Gasteiger charge is 2.65. The van der Waals surface area contributed by atoms with Gasteiger partial charge in [-0.2, -0.15) is 17.9 Å². The molecule has 1 rings (SSSR count). The Hall–Kier alpha value is -2.14. The number of esters is 1. The maximum absolute atomic E-state index is 13.5. The van der Waals surface area contributed by atoms with Gasteiger partial charge in [-0.05, 0) is 19.1 Å². The van der Waals surface area contributed by atoms with Crippen molar-refractivity contribution in [1.82, 2.24) is 10.0 Å². The third-order valence-electron chi connectivity index (χ3n) is 2.71. The van der Waals surface area contributed by atoms with E-state index in [4.69, 9.17) is 0 Å². The first-order valence-corrected chi connectivity index (χ1v) is 8.06. The zero-order valence-electron chi connectivity index (χ0n) is 12.7. The van der Waals surface area contributed by atoms with E-state index in [1.165, 1.54) is 35.2 Å². The molecule has 1 atom stereocenters. The van der Waals surface area contributed by atoms with Crippen molar-refractivity contribution in [1.29, 1.82) is 0 Å². The molecule has 0 aliphatic carbocycles. The molecular formula is C13H15F3N2O5S. The van der Waals surface area contributed by atoms with Gasteiger partial charge < -0.3 is 10.1 Å². The normalized spacial score (nSPS) is 14.5. The summed E-state index contributed by atoms with van der Waals surface area (Å²) in [6.07, 6.45) is -5.49. The topological polar surface area (TPSA) is 102 Å². The van der Waals surface area contributed by atoms with E-state index in [1.54, 1.807) is 0 Å². The van der Waals surface area contributed by atoms with Crippen molar-refractivity contribution in [2.45, 2.75) is 30.6 Å². The number of sulfonamides is 1. The van der Waals surface area contributed by atoms with Crippen LogP contribution in [0.3, 0.4) is 0 Å². The molecule has 11 heteroatoms. The SMILES string of the molecule is CCOC(=O)[C@](NC(C)=O)(NS(=O)(=O)c1ccccc1)C(F)(F)F. The lowest BCUT2D eigenvalue weighted by Gasteiger charge is -2.33. The molecule has 0 aliphatic rings. The molecule has 0 bridgehead atoms. The molecule has 0 aliphatic heterocycles. The Morgan fingerprint density at radius 3 is 2.12 bits per heavy atom. The highest BCUT2D eigenvalue weighted by atomic mass is 32.2. The summed E-state index contributed by atoms with van der Waals surface area (Å²) in [7, 11) is -4.80. The Morgan fingerprint density at radius 2 is 1.71 bits per heavy atom. The molecule has 1 amide bonds. The number of amides is 1. The number of hydrogen-bond donors (Lipinski definition) is 2. The first kappa shape index (κ1) is 19.9. The van der Waals surface area contributed by atoms with Gasteiger partial charge in [0.15, 0.2) is 0 Å². The van der Waals surface area contributed by atoms with Crippen LogP contribution in [0.15, 0.2) is 35.2 Å². The lowest BCUT2D eigenvalue weighted by Crippen LogP contribution is -2.73. The number of carbonyl (C=O) groups is 2. The third-order valence-corrected chi connectivity index (χ3v) is 4.18. The summed E-state index contributed by atoms with van der Waals surface area (Å²) >= 11 is 0. The van der Waals surface area contributed by atoms with E-state index in [2.05, 4.69) is 4.74 Å². The number of halogens is 3. The number of benzene rings is 1. The standard InChI is InChI=1S/C13H15F3N2O5S/c1-3-23-11(20)12(13(14,15)16,17-9(2)19)18-24(21,22)10-7-5-4-6-8-10/h4-8,18H,3H2,1-2H3,(H,17,19)/t12-/m0/s1. The molecule has 0 heterocycles. The third kappa shape index (κ3) is 4.23. The van der Waals surface area contributed by atoms with Crippen molar-refractivity contribution in [3.8, 4) is 0 Å².